The van der Waals surface area contributed by atoms with Crippen LogP contribution in [0, 0.1) is 6.92 Å². The number of aromatic nitrogens is 4. The van der Waals surface area contributed by atoms with Gasteiger partial charge < -0.3 is 20.6 Å². The Morgan fingerprint density at radius 1 is 1.12 bits per heavy atom. The monoisotopic (exact) mass is 445 g/mol. The van der Waals surface area contributed by atoms with Crippen LogP contribution in [0.3, 0.4) is 0 Å². The molecule has 33 heavy (non-hydrogen) atoms. The third kappa shape index (κ3) is 3.74. The first-order valence-electron chi connectivity index (χ1n) is 11.0. The Balaban J connectivity index is 1.53. The van der Waals surface area contributed by atoms with Gasteiger partial charge in [0.25, 0.3) is 5.91 Å². The van der Waals surface area contributed by atoms with Gasteiger partial charge in [-0.15, -0.1) is 0 Å². The highest BCUT2D eigenvalue weighted by Crippen LogP contribution is 2.35. The number of piperazine rings is 1. The molecule has 0 aliphatic carbocycles. The molecule has 0 radical (unpaired) electrons. The lowest BCUT2D eigenvalue weighted by molar-refractivity contribution is 0.102. The highest BCUT2D eigenvalue weighted by molar-refractivity contribution is 6.14. The fourth-order valence-electron chi connectivity index (χ4n) is 4.73. The van der Waals surface area contributed by atoms with Crippen LogP contribution in [0.15, 0.2) is 36.8 Å². The zero-order chi connectivity index (χ0) is 23.3. The van der Waals surface area contributed by atoms with Gasteiger partial charge in [0.15, 0.2) is 0 Å². The number of nitrogens with zero attached hydrogens (tertiary/aromatic N) is 5. The summed E-state index contributed by atoms with van der Waals surface area (Å²) >= 11 is 0. The van der Waals surface area contributed by atoms with E-state index in [4.69, 9.17) is 0 Å². The van der Waals surface area contributed by atoms with Gasteiger partial charge in [0.2, 0.25) is 0 Å². The summed E-state index contributed by atoms with van der Waals surface area (Å²) in [5.74, 6) is -0.350. The van der Waals surface area contributed by atoms with Crippen molar-refractivity contribution in [2.75, 3.05) is 23.3 Å². The summed E-state index contributed by atoms with van der Waals surface area (Å²) in [5.41, 5.74) is 4.24. The average Bonchev–Trinajstić information content (AvgIpc) is 3.16. The van der Waals surface area contributed by atoms with Crippen LogP contribution in [0.1, 0.15) is 29.8 Å². The number of carbonyl (C=O) groups excluding carboxylic acids is 1. The van der Waals surface area contributed by atoms with Gasteiger partial charge >= 0.3 is 0 Å². The van der Waals surface area contributed by atoms with Crippen molar-refractivity contribution in [1.82, 2.24) is 25.1 Å². The number of anilines is 2. The summed E-state index contributed by atoms with van der Waals surface area (Å²) in [6.45, 7) is 7.79. The molecule has 2 aromatic carbocycles. The molecule has 2 aromatic heterocycles. The van der Waals surface area contributed by atoms with E-state index in [1.807, 2.05) is 19.3 Å². The van der Waals surface area contributed by atoms with Gasteiger partial charge in [-0.25, -0.2) is 0 Å². The molecule has 1 aliphatic heterocycles. The van der Waals surface area contributed by atoms with Crippen LogP contribution in [0.25, 0.3) is 21.9 Å². The van der Waals surface area contributed by atoms with Crippen molar-refractivity contribution >= 4 is 39.2 Å². The SMILES string of the molecule is Cc1c(O)c(NC(=O)c2ccc(N3C[C@H](C)N[C@@H](C)C3)c3nccnc23)cc2cn(C)nc12. The average molecular weight is 446 g/mol. The maximum atomic E-state index is 13.3. The van der Waals surface area contributed by atoms with Gasteiger partial charge in [-0.1, -0.05) is 0 Å². The number of rotatable bonds is 3. The van der Waals surface area contributed by atoms with Crippen molar-refractivity contribution in [1.29, 1.82) is 0 Å². The molecule has 3 heterocycles. The standard InChI is InChI=1S/C24H27N7O2/c1-13-10-31(11-14(2)27-13)19-6-5-17(21-22(19)26-8-7-25-21)24(33)28-18-9-16-12-30(4)29-20(16)15(3)23(18)32/h5-9,12-14,27,32H,10-11H2,1-4H3,(H,28,33)/t13-,14-/m0/s1. The van der Waals surface area contributed by atoms with Crippen molar-refractivity contribution in [3.63, 3.8) is 0 Å². The number of hydrogen-bond donors (Lipinski definition) is 3. The minimum Gasteiger partial charge on any atom is -0.505 e. The van der Waals surface area contributed by atoms with E-state index in [0.29, 0.717) is 45.4 Å². The second kappa shape index (κ2) is 8.00. The minimum absolute atomic E-state index is 0.00496. The first-order valence-corrected chi connectivity index (χ1v) is 11.0. The molecule has 4 aromatic rings. The number of benzene rings is 2. The summed E-state index contributed by atoms with van der Waals surface area (Å²) in [4.78, 5) is 24.6. The lowest BCUT2D eigenvalue weighted by Crippen LogP contribution is -2.54. The predicted octanol–water partition coefficient (Wildman–Crippen LogP) is 2.97. The fraction of sp³-hybridized carbons (Fsp3) is 0.333. The smallest absolute Gasteiger partial charge is 0.258 e. The van der Waals surface area contributed by atoms with E-state index >= 15 is 0 Å². The van der Waals surface area contributed by atoms with Crippen LogP contribution in [-0.2, 0) is 7.05 Å². The highest BCUT2D eigenvalue weighted by Gasteiger charge is 2.25. The van der Waals surface area contributed by atoms with Crippen molar-refractivity contribution in [2.45, 2.75) is 32.9 Å². The number of fused-ring (bicyclic) bond motifs is 2. The van der Waals surface area contributed by atoms with Gasteiger partial charge in [0.05, 0.1) is 22.5 Å². The zero-order valence-corrected chi connectivity index (χ0v) is 19.1. The minimum atomic E-state index is -0.355. The molecule has 1 saturated heterocycles. The predicted molar refractivity (Wildman–Crippen MR) is 129 cm³/mol. The number of aromatic hydroxyl groups is 1. The molecule has 1 amide bonds. The fourth-order valence-corrected chi connectivity index (χ4v) is 4.73. The quantitative estimate of drug-likeness (QED) is 0.416. The zero-order valence-electron chi connectivity index (χ0n) is 19.1. The van der Waals surface area contributed by atoms with Crippen LogP contribution >= 0.6 is 0 Å². The van der Waals surface area contributed by atoms with E-state index in [1.165, 1.54) is 0 Å². The summed E-state index contributed by atoms with van der Waals surface area (Å²) < 4.78 is 1.68. The molecular weight excluding hydrogens is 418 g/mol. The number of amides is 1. The van der Waals surface area contributed by atoms with E-state index in [0.717, 1.165) is 24.2 Å². The van der Waals surface area contributed by atoms with E-state index < -0.39 is 0 Å². The molecule has 1 fully saturated rings. The third-order valence-electron chi connectivity index (χ3n) is 6.12. The Bertz CT molecular complexity index is 1370. The van der Waals surface area contributed by atoms with Gasteiger partial charge in [-0.3, -0.25) is 19.4 Å². The van der Waals surface area contributed by atoms with Gasteiger partial charge in [0.1, 0.15) is 16.8 Å². The number of carbonyl (C=O) groups is 1. The van der Waals surface area contributed by atoms with Crippen molar-refractivity contribution in [3.8, 4) is 5.75 Å². The molecule has 0 unspecified atom stereocenters. The van der Waals surface area contributed by atoms with Gasteiger partial charge in [-0.05, 0) is 39.0 Å². The molecule has 0 saturated carbocycles. The third-order valence-corrected chi connectivity index (χ3v) is 6.12. The number of nitrogens with one attached hydrogen (secondary N) is 2. The number of phenols is 1. The van der Waals surface area contributed by atoms with Crippen LogP contribution in [-0.4, -0.2) is 55.9 Å². The molecule has 5 rings (SSSR count). The molecule has 1 aliphatic rings. The molecular formula is C24H27N7O2. The second-order valence-electron chi connectivity index (χ2n) is 8.85. The number of phenolic OH excluding ortho intramolecular Hbond substituents is 1. The van der Waals surface area contributed by atoms with E-state index in [-0.39, 0.29) is 11.7 Å². The summed E-state index contributed by atoms with van der Waals surface area (Å²) in [5, 5.41) is 22.3. The first kappa shape index (κ1) is 21.1. The van der Waals surface area contributed by atoms with Crippen LogP contribution in [0.4, 0.5) is 11.4 Å². The van der Waals surface area contributed by atoms with Crippen LogP contribution in [0.2, 0.25) is 0 Å². The largest absolute Gasteiger partial charge is 0.505 e. The summed E-state index contributed by atoms with van der Waals surface area (Å²) in [6.07, 6.45) is 5.09. The van der Waals surface area contributed by atoms with E-state index in [1.54, 1.807) is 36.1 Å². The summed E-state index contributed by atoms with van der Waals surface area (Å²) in [6, 6.07) is 6.14. The second-order valence-corrected chi connectivity index (χ2v) is 8.85. The van der Waals surface area contributed by atoms with E-state index in [9.17, 15) is 9.90 Å². The maximum Gasteiger partial charge on any atom is 0.258 e. The normalized spacial score (nSPS) is 18.7. The Morgan fingerprint density at radius 3 is 2.55 bits per heavy atom. The Hall–Kier alpha value is -3.72. The number of aryl methyl sites for hydroxylation is 2. The lowest BCUT2D eigenvalue weighted by atomic mass is 10.1. The van der Waals surface area contributed by atoms with Crippen LogP contribution < -0.4 is 15.5 Å². The van der Waals surface area contributed by atoms with E-state index in [2.05, 4.69) is 44.4 Å². The number of hydrogen-bond acceptors (Lipinski definition) is 7. The molecule has 0 bridgehead atoms. The van der Waals surface area contributed by atoms with Crippen molar-refractivity contribution in [2.24, 2.45) is 7.05 Å². The molecule has 170 valence electrons. The van der Waals surface area contributed by atoms with Crippen molar-refractivity contribution < 1.29 is 9.90 Å². The molecule has 3 N–H and O–H groups in total. The molecule has 2 atom stereocenters. The van der Waals surface area contributed by atoms with Crippen molar-refractivity contribution in [3.05, 3.63) is 47.9 Å². The maximum absolute atomic E-state index is 13.3. The first-order chi connectivity index (χ1) is 15.8. The Kier molecular flexibility index (Phi) is 5.13. The molecule has 0 spiro atoms. The molecule has 9 heteroatoms. The highest BCUT2D eigenvalue weighted by atomic mass is 16.3. The Labute approximate surface area is 191 Å². The van der Waals surface area contributed by atoms with Gasteiger partial charge in [-0.2, -0.15) is 5.10 Å². The Morgan fingerprint density at radius 2 is 1.82 bits per heavy atom. The molecule has 9 nitrogen and oxygen atoms in total. The lowest BCUT2D eigenvalue weighted by Gasteiger charge is -2.38. The van der Waals surface area contributed by atoms with Gasteiger partial charge in [0, 0.05) is 61.8 Å². The topological polar surface area (TPSA) is 108 Å². The van der Waals surface area contributed by atoms with Crippen LogP contribution in [0.5, 0.6) is 5.75 Å². The summed E-state index contributed by atoms with van der Waals surface area (Å²) in [7, 11) is 1.82.